The van der Waals surface area contributed by atoms with Crippen molar-refractivity contribution in [3.8, 4) is 22.6 Å². The second kappa shape index (κ2) is 15.3. The number of carboxylic acid groups (broad SMARTS) is 1. The summed E-state index contributed by atoms with van der Waals surface area (Å²) in [6, 6.07) is 7.86. The molecule has 0 bridgehead atoms. The summed E-state index contributed by atoms with van der Waals surface area (Å²) >= 11 is 0. The lowest BCUT2D eigenvalue weighted by atomic mass is 9.88. The molecule has 2 aromatic carbocycles. The van der Waals surface area contributed by atoms with Crippen molar-refractivity contribution >= 4 is 12.0 Å². The Bertz CT molecular complexity index is 1020. The van der Waals surface area contributed by atoms with Crippen LogP contribution in [-0.2, 0) is 14.3 Å². The Morgan fingerprint density at radius 3 is 2.19 bits per heavy atom. The van der Waals surface area contributed by atoms with Crippen molar-refractivity contribution in [3.63, 3.8) is 0 Å². The number of ether oxygens (including phenoxy) is 4. The van der Waals surface area contributed by atoms with Crippen LogP contribution in [0.15, 0.2) is 36.4 Å². The van der Waals surface area contributed by atoms with E-state index in [1.807, 2.05) is 19.9 Å². The Morgan fingerprint density at radius 2 is 1.62 bits per heavy atom. The topological polar surface area (TPSA) is 115 Å². The quantitative estimate of drug-likeness (QED) is 0.281. The minimum Gasteiger partial charge on any atom is -0.487 e. The third-order valence-corrected chi connectivity index (χ3v) is 5.56. The molecule has 0 spiro atoms. The van der Waals surface area contributed by atoms with Gasteiger partial charge in [0.2, 0.25) is 0 Å². The second-order valence-electron chi connectivity index (χ2n) is 8.84. The highest BCUT2D eigenvalue weighted by molar-refractivity contribution is 5.85. The van der Waals surface area contributed by atoms with Crippen LogP contribution in [-0.4, -0.2) is 74.1 Å². The number of carboxylic acids is 1. The average Bonchev–Trinajstić information content (AvgIpc) is 2.83. The van der Waals surface area contributed by atoms with Gasteiger partial charge >= 0.3 is 5.97 Å². The van der Waals surface area contributed by atoms with Crippen LogP contribution >= 0.6 is 0 Å². The number of aliphatic hydroxyl groups excluding tert-OH is 2. The summed E-state index contributed by atoms with van der Waals surface area (Å²) in [5.74, 6) is -0.574. The Hall–Kier alpha value is -2.98. The van der Waals surface area contributed by atoms with E-state index in [9.17, 15) is 19.4 Å². The van der Waals surface area contributed by atoms with Crippen molar-refractivity contribution in [2.75, 3.05) is 40.6 Å². The van der Waals surface area contributed by atoms with Gasteiger partial charge in [0.05, 0.1) is 31.8 Å². The number of rotatable bonds is 16. The van der Waals surface area contributed by atoms with Crippen LogP contribution in [0.4, 0.5) is 4.39 Å². The van der Waals surface area contributed by atoms with Gasteiger partial charge in [0, 0.05) is 26.2 Å². The third-order valence-electron chi connectivity index (χ3n) is 5.56. The molecule has 9 heteroatoms. The summed E-state index contributed by atoms with van der Waals surface area (Å²) in [4.78, 5) is 10.9. The van der Waals surface area contributed by atoms with Gasteiger partial charge in [-0.15, -0.1) is 0 Å². The summed E-state index contributed by atoms with van der Waals surface area (Å²) in [7, 11) is 3.14. The molecule has 0 aliphatic heterocycles. The van der Waals surface area contributed by atoms with E-state index >= 15 is 0 Å². The number of benzene rings is 2. The molecule has 0 heterocycles. The number of halogens is 1. The molecule has 2 atom stereocenters. The van der Waals surface area contributed by atoms with E-state index in [0.717, 1.165) is 11.1 Å². The fraction of sp³-hybridized carbons (Fsp3) is 0.464. The van der Waals surface area contributed by atoms with E-state index in [-0.39, 0.29) is 31.4 Å². The van der Waals surface area contributed by atoms with E-state index in [0.29, 0.717) is 35.8 Å². The molecule has 0 aliphatic rings. The molecule has 2 unspecified atom stereocenters. The average molecular weight is 521 g/mol. The van der Waals surface area contributed by atoms with E-state index < -0.39 is 24.6 Å². The largest absolute Gasteiger partial charge is 0.487 e. The van der Waals surface area contributed by atoms with E-state index in [4.69, 9.17) is 24.1 Å². The number of hydrogen-bond donors (Lipinski definition) is 3. The summed E-state index contributed by atoms with van der Waals surface area (Å²) in [5.41, 5.74) is 2.93. The first-order valence-electron chi connectivity index (χ1n) is 12.1. The monoisotopic (exact) mass is 520 g/mol. The molecule has 0 saturated carbocycles. The Kier molecular flexibility index (Phi) is 12.5. The highest BCUT2D eigenvalue weighted by Gasteiger charge is 2.23. The van der Waals surface area contributed by atoms with Gasteiger partial charge in [0.25, 0.3) is 0 Å². The zero-order valence-electron chi connectivity index (χ0n) is 21.8. The molecular weight excluding hydrogens is 483 g/mol. The fourth-order valence-electron chi connectivity index (χ4n) is 3.80. The highest BCUT2D eigenvalue weighted by atomic mass is 19.1. The standard InChI is InChI=1S/C28H37FO8/c1-18(2)24-17-25(36-13-11-34-3)28(37-14-12-35-4)27(19-5-7-20(29)8-6-19)23(24)10-9-21(30)15-22(31)16-26(32)33/h5-10,17-18,21-22,30-31H,11-16H2,1-4H3,(H,32,33)/b10-9+. The maximum absolute atomic E-state index is 13.8. The number of methoxy groups -OCH3 is 2. The molecule has 0 amide bonds. The minimum absolute atomic E-state index is 0.0337. The van der Waals surface area contributed by atoms with Crippen molar-refractivity contribution in [2.24, 2.45) is 0 Å². The van der Waals surface area contributed by atoms with Crippen molar-refractivity contribution in [2.45, 2.75) is 44.8 Å². The minimum atomic E-state index is -1.19. The Labute approximate surface area is 217 Å². The second-order valence-corrected chi connectivity index (χ2v) is 8.84. The lowest BCUT2D eigenvalue weighted by Crippen LogP contribution is -2.19. The Morgan fingerprint density at radius 1 is 1.00 bits per heavy atom. The van der Waals surface area contributed by atoms with Crippen molar-refractivity contribution < 1.29 is 43.5 Å². The van der Waals surface area contributed by atoms with E-state index in [1.165, 1.54) is 18.2 Å². The third kappa shape index (κ3) is 9.44. The molecular formula is C28H37FO8. The van der Waals surface area contributed by atoms with Gasteiger partial charge in [-0.3, -0.25) is 4.79 Å². The molecule has 8 nitrogen and oxygen atoms in total. The van der Waals surface area contributed by atoms with E-state index in [2.05, 4.69) is 0 Å². The lowest BCUT2D eigenvalue weighted by molar-refractivity contribution is -0.139. The predicted octanol–water partition coefficient (Wildman–Crippen LogP) is 4.27. The van der Waals surface area contributed by atoms with Gasteiger partial charge in [0.15, 0.2) is 11.5 Å². The van der Waals surface area contributed by atoms with Gasteiger partial charge in [-0.2, -0.15) is 0 Å². The summed E-state index contributed by atoms with van der Waals surface area (Å²) in [6.07, 6.45) is 0.335. The normalized spacial score (nSPS) is 13.2. The highest BCUT2D eigenvalue weighted by Crippen LogP contribution is 2.45. The van der Waals surface area contributed by atoms with Gasteiger partial charge in [-0.25, -0.2) is 4.39 Å². The molecule has 3 N–H and O–H groups in total. The van der Waals surface area contributed by atoms with E-state index in [1.54, 1.807) is 32.4 Å². The molecule has 0 aliphatic carbocycles. The van der Waals surface area contributed by atoms with Crippen molar-refractivity contribution in [3.05, 3.63) is 53.4 Å². The lowest BCUT2D eigenvalue weighted by Gasteiger charge is -2.23. The van der Waals surface area contributed by atoms with Crippen molar-refractivity contribution in [1.29, 1.82) is 0 Å². The first-order chi connectivity index (χ1) is 17.7. The van der Waals surface area contributed by atoms with Crippen LogP contribution in [0.3, 0.4) is 0 Å². The van der Waals surface area contributed by atoms with Crippen LogP contribution in [0.1, 0.15) is 43.7 Å². The number of aliphatic hydroxyl groups is 2. The predicted molar refractivity (Wildman–Crippen MR) is 139 cm³/mol. The summed E-state index contributed by atoms with van der Waals surface area (Å²) in [6.45, 7) is 5.24. The molecule has 0 radical (unpaired) electrons. The molecule has 2 aromatic rings. The van der Waals surface area contributed by atoms with Gasteiger partial charge in [0.1, 0.15) is 19.0 Å². The smallest absolute Gasteiger partial charge is 0.305 e. The first-order valence-corrected chi connectivity index (χ1v) is 12.1. The fourth-order valence-corrected chi connectivity index (χ4v) is 3.80. The molecule has 37 heavy (non-hydrogen) atoms. The van der Waals surface area contributed by atoms with Crippen LogP contribution in [0, 0.1) is 5.82 Å². The number of carbonyl (C=O) groups is 1. The number of aliphatic carboxylic acids is 1. The molecule has 0 saturated heterocycles. The molecule has 2 rings (SSSR count). The maximum atomic E-state index is 13.8. The van der Waals surface area contributed by atoms with Gasteiger partial charge in [-0.05, 0) is 40.8 Å². The van der Waals surface area contributed by atoms with Crippen LogP contribution in [0.5, 0.6) is 11.5 Å². The summed E-state index contributed by atoms with van der Waals surface area (Å²) in [5, 5.41) is 29.3. The summed E-state index contributed by atoms with van der Waals surface area (Å²) < 4.78 is 36.2. The first kappa shape index (κ1) is 30.2. The van der Waals surface area contributed by atoms with Crippen LogP contribution in [0.25, 0.3) is 17.2 Å². The number of hydrogen-bond acceptors (Lipinski definition) is 7. The van der Waals surface area contributed by atoms with Gasteiger partial charge in [-0.1, -0.05) is 38.1 Å². The molecule has 0 fully saturated rings. The maximum Gasteiger partial charge on any atom is 0.305 e. The Balaban J connectivity index is 2.68. The van der Waals surface area contributed by atoms with Gasteiger partial charge < -0.3 is 34.3 Å². The zero-order chi connectivity index (χ0) is 27.4. The molecule has 0 aromatic heterocycles. The zero-order valence-corrected chi connectivity index (χ0v) is 21.8. The van der Waals surface area contributed by atoms with Crippen LogP contribution in [0.2, 0.25) is 0 Å². The molecule has 204 valence electrons. The van der Waals surface area contributed by atoms with Crippen molar-refractivity contribution in [1.82, 2.24) is 0 Å². The van der Waals surface area contributed by atoms with Crippen LogP contribution < -0.4 is 9.47 Å². The SMILES string of the molecule is COCCOc1cc(C(C)C)c(/C=C/C(O)CC(O)CC(=O)O)c(-c2ccc(F)cc2)c1OCCOC.